The van der Waals surface area contributed by atoms with Gasteiger partial charge in [-0.2, -0.15) is 18.3 Å². The van der Waals surface area contributed by atoms with E-state index in [2.05, 4.69) is 27.4 Å². The van der Waals surface area contributed by atoms with Crippen LogP contribution in [-0.4, -0.2) is 41.0 Å². The number of unbranched alkanes of at least 4 members (excludes halogenated alkanes) is 2. The van der Waals surface area contributed by atoms with E-state index in [-0.39, 0.29) is 0 Å². The molecule has 3 aromatic rings. The Hall–Kier alpha value is -4.02. The smallest absolute Gasteiger partial charge is 0.489 e. The Morgan fingerprint density at radius 2 is 1.91 bits per heavy atom. The topological polar surface area (TPSA) is 125 Å². The lowest BCUT2D eigenvalue weighted by atomic mass is 10.2. The summed E-state index contributed by atoms with van der Waals surface area (Å²) in [5.74, 6) is -1.61. The normalized spacial score (nSPS) is 11.8. The quantitative estimate of drug-likeness (QED) is 0.148. The van der Waals surface area contributed by atoms with E-state index in [0.29, 0.717) is 12.6 Å². The summed E-state index contributed by atoms with van der Waals surface area (Å²) in [6.07, 6.45) is 1.93. The predicted octanol–water partition coefficient (Wildman–Crippen LogP) is 4.81. The number of halogens is 3. The fourth-order valence-electron chi connectivity index (χ4n) is 2.84. The molecule has 11 heteroatoms. The minimum absolute atomic E-state index is 0.332. The Labute approximate surface area is 200 Å². The minimum Gasteiger partial charge on any atom is -0.489 e. The van der Waals surface area contributed by atoms with Crippen molar-refractivity contribution in [1.29, 1.82) is 0 Å². The molecule has 0 amide bonds. The Morgan fingerprint density at radius 3 is 2.57 bits per heavy atom. The van der Waals surface area contributed by atoms with Crippen molar-refractivity contribution in [2.75, 3.05) is 6.54 Å². The highest BCUT2D eigenvalue weighted by Crippen LogP contribution is 2.23. The summed E-state index contributed by atoms with van der Waals surface area (Å²) in [5.41, 5.74) is 8.91. The van der Waals surface area contributed by atoms with E-state index in [1.165, 1.54) is 12.8 Å². The Balaban J connectivity index is 0.000000540. The molecule has 35 heavy (non-hydrogen) atoms. The summed E-state index contributed by atoms with van der Waals surface area (Å²) in [4.78, 5) is 12.1. The summed E-state index contributed by atoms with van der Waals surface area (Å²) in [6, 6.07) is 16.1. The zero-order valence-corrected chi connectivity index (χ0v) is 19.2. The van der Waals surface area contributed by atoms with Gasteiger partial charge in [-0.15, -0.1) is 5.10 Å². The SMILES string of the molecule is CCCCCN/C(N)=N/N=C/c1c[nH]c2ccc(OCc3ccccc3)cc12.O=C(O)C(F)(F)F. The first kappa shape index (κ1) is 27.2. The van der Waals surface area contributed by atoms with Crippen LogP contribution in [0.5, 0.6) is 5.75 Å². The summed E-state index contributed by atoms with van der Waals surface area (Å²) in [6.45, 7) is 3.51. The van der Waals surface area contributed by atoms with Gasteiger partial charge in [0.05, 0.1) is 6.21 Å². The van der Waals surface area contributed by atoms with Crippen LogP contribution in [0, 0.1) is 0 Å². The largest absolute Gasteiger partial charge is 0.490 e. The molecule has 0 fully saturated rings. The Bertz CT molecular complexity index is 1130. The average Bonchev–Trinajstić information content (AvgIpc) is 3.23. The molecular weight excluding hydrogens is 463 g/mol. The van der Waals surface area contributed by atoms with Gasteiger partial charge in [-0.05, 0) is 30.2 Å². The van der Waals surface area contributed by atoms with Crippen molar-refractivity contribution in [3.8, 4) is 5.75 Å². The summed E-state index contributed by atoms with van der Waals surface area (Å²) in [5, 5.41) is 19.3. The van der Waals surface area contributed by atoms with E-state index < -0.39 is 12.1 Å². The fourth-order valence-corrected chi connectivity index (χ4v) is 2.84. The fraction of sp³-hybridized carbons (Fsp3) is 0.292. The van der Waals surface area contributed by atoms with Gasteiger partial charge in [-0.3, -0.25) is 0 Å². The van der Waals surface area contributed by atoms with Crippen LogP contribution in [0.4, 0.5) is 13.2 Å². The van der Waals surface area contributed by atoms with Crippen molar-refractivity contribution >= 4 is 29.0 Å². The number of nitrogens with two attached hydrogens (primary N) is 1. The molecule has 188 valence electrons. The Morgan fingerprint density at radius 1 is 1.20 bits per heavy atom. The third-order valence-corrected chi connectivity index (χ3v) is 4.62. The van der Waals surface area contributed by atoms with Crippen molar-refractivity contribution in [1.82, 2.24) is 10.3 Å². The number of ether oxygens (including phenoxy) is 1. The van der Waals surface area contributed by atoms with E-state index in [1.807, 2.05) is 54.7 Å². The Kier molecular flexibility index (Phi) is 10.6. The van der Waals surface area contributed by atoms with Crippen LogP contribution >= 0.6 is 0 Å². The maximum absolute atomic E-state index is 10.6. The lowest BCUT2D eigenvalue weighted by molar-refractivity contribution is -0.192. The summed E-state index contributed by atoms with van der Waals surface area (Å²) >= 11 is 0. The molecule has 0 bridgehead atoms. The number of carboxylic acid groups (broad SMARTS) is 1. The van der Waals surface area contributed by atoms with Gasteiger partial charge in [0.25, 0.3) is 0 Å². The van der Waals surface area contributed by atoms with Crippen molar-refractivity contribution < 1.29 is 27.8 Å². The molecule has 0 saturated heterocycles. The predicted molar refractivity (Wildman–Crippen MR) is 130 cm³/mol. The van der Waals surface area contributed by atoms with Crippen LogP contribution in [0.3, 0.4) is 0 Å². The number of benzene rings is 2. The highest BCUT2D eigenvalue weighted by atomic mass is 19.4. The lowest BCUT2D eigenvalue weighted by Crippen LogP contribution is -2.31. The van der Waals surface area contributed by atoms with Gasteiger partial charge in [-0.25, -0.2) is 4.79 Å². The number of carboxylic acids is 1. The number of H-pyrrole nitrogens is 1. The van der Waals surface area contributed by atoms with Crippen molar-refractivity contribution in [2.45, 2.75) is 39.0 Å². The van der Waals surface area contributed by atoms with E-state index in [1.54, 1.807) is 6.21 Å². The molecule has 8 nitrogen and oxygen atoms in total. The number of carbonyl (C=O) groups is 1. The summed E-state index contributed by atoms with van der Waals surface area (Å²) in [7, 11) is 0. The molecule has 0 spiro atoms. The van der Waals surface area contributed by atoms with Gasteiger partial charge in [0.15, 0.2) is 0 Å². The molecule has 2 aromatic carbocycles. The number of rotatable bonds is 9. The van der Waals surface area contributed by atoms with Gasteiger partial charge in [0.2, 0.25) is 5.96 Å². The first-order valence-electron chi connectivity index (χ1n) is 10.9. The first-order chi connectivity index (χ1) is 16.7. The number of nitrogens with one attached hydrogen (secondary N) is 2. The first-order valence-corrected chi connectivity index (χ1v) is 10.9. The van der Waals surface area contributed by atoms with Crippen molar-refractivity contribution in [2.24, 2.45) is 15.9 Å². The molecule has 1 heterocycles. The molecule has 0 aliphatic heterocycles. The molecule has 0 aliphatic rings. The van der Waals surface area contributed by atoms with Gasteiger partial charge < -0.3 is 25.9 Å². The van der Waals surface area contributed by atoms with E-state index in [4.69, 9.17) is 20.4 Å². The average molecular weight is 492 g/mol. The van der Waals surface area contributed by atoms with E-state index in [9.17, 15) is 13.2 Å². The van der Waals surface area contributed by atoms with Gasteiger partial charge in [0, 0.05) is 29.2 Å². The summed E-state index contributed by atoms with van der Waals surface area (Å²) < 4.78 is 37.7. The van der Waals surface area contributed by atoms with Crippen LogP contribution in [0.1, 0.15) is 37.3 Å². The molecular formula is C24H28F3N5O3. The second-order valence-corrected chi connectivity index (χ2v) is 7.39. The van der Waals surface area contributed by atoms with Gasteiger partial charge in [0.1, 0.15) is 12.4 Å². The number of aliphatic carboxylic acids is 1. The molecule has 3 rings (SSSR count). The maximum atomic E-state index is 10.6. The molecule has 0 saturated carbocycles. The van der Waals surface area contributed by atoms with Crippen molar-refractivity contribution in [3.63, 3.8) is 0 Å². The highest BCUT2D eigenvalue weighted by molar-refractivity contribution is 5.99. The van der Waals surface area contributed by atoms with Crippen LogP contribution < -0.4 is 15.8 Å². The van der Waals surface area contributed by atoms with Crippen LogP contribution in [-0.2, 0) is 11.4 Å². The molecule has 0 aliphatic carbocycles. The molecule has 5 N–H and O–H groups in total. The van der Waals surface area contributed by atoms with Crippen LogP contribution in [0.15, 0.2) is 64.9 Å². The number of aromatic nitrogens is 1. The molecule has 0 unspecified atom stereocenters. The third kappa shape index (κ3) is 9.78. The highest BCUT2D eigenvalue weighted by Gasteiger charge is 2.38. The number of guanidine groups is 1. The molecule has 0 radical (unpaired) electrons. The van der Waals surface area contributed by atoms with Crippen LogP contribution in [0.25, 0.3) is 10.9 Å². The molecule has 0 atom stereocenters. The molecule has 1 aromatic heterocycles. The number of hydrogen-bond acceptors (Lipinski definition) is 4. The second kappa shape index (κ2) is 13.6. The number of alkyl halides is 3. The monoisotopic (exact) mass is 491 g/mol. The zero-order valence-electron chi connectivity index (χ0n) is 19.2. The van der Waals surface area contributed by atoms with E-state index >= 15 is 0 Å². The van der Waals surface area contributed by atoms with Crippen molar-refractivity contribution in [3.05, 3.63) is 65.9 Å². The number of hydrogen-bond donors (Lipinski definition) is 4. The zero-order chi connectivity index (χ0) is 25.7. The number of aromatic amines is 1. The minimum atomic E-state index is -5.08. The van der Waals surface area contributed by atoms with E-state index in [0.717, 1.165) is 40.7 Å². The maximum Gasteiger partial charge on any atom is 0.490 e. The second-order valence-electron chi connectivity index (χ2n) is 7.39. The lowest BCUT2D eigenvalue weighted by Gasteiger charge is -2.06. The number of fused-ring (bicyclic) bond motifs is 1. The third-order valence-electron chi connectivity index (χ3n) is 4.62. The van der Waals surface area contributed by atoms with Gasteiger partial charge >= 0.3 is 12.1 Å². The van der Waals surface area contributed by atoms with Gasteiger partial charge in [-0.1, -0.05) is 50.1 Å². The number of nitrogens with zero attached hydrogens (tertiary/aromatic N) is 2. The van der Waals surface area contributed by atoms with Crippen LogP contribution in [0.2, 0.25) is 0 Å². The standard InChI is InChI=1S/C22H27N5O.C2HF3O2/c1-2-3-7-12-24-22(23)27-26-15-18-14-25-21-11-10-19(13-20(18)21)28-16-17-8-5-4-6-9-17;3-2(4,5)1(6)7/h4-6,8-11,13-15,25H,2-3,7,12,16H2,1H3,(H3,23,24,27);(H,6,7)/b26-15+;.